The summed E-state index contributed by atoms with van der Waals surface area (Å²) in [6.07, 6.45) is 2.69. The number of nitrogens with one attached hydrogen (secondary N) is 1. The molecule has 0 radical (unpaired) electrons. The lowest BCUT2D eigenvalue weighted by molar-refractivity contribution is -0.145. The Morgan fingerprint density at radius 1 is 1.18 bits per heavy atom. The molecule has 2 amide bonds. The summed E-state index contributed by atoms with van der Waals surface area (Å²) in [6.45, 7) is 6.17. The second-order valence-electron chi connectivity index (χ2n) is 8.37. The third-order valence-electron chi connectivity index (χ3n) is 5.73. The summed E-state index contributed by atoms with van der Waals surface area (Å²) in [6, 6.07) is 8.13. The second-order valence-corrected chi connectivity index (χ2v) is 8.37. The number of carbonyl (C=O) groups excluding carboxylic acids is 2. The number of ether oxygens (including phenoxy) is 3. The molecule has 4 atom stereocenters. The van der Waals surface area contributed by atoms with Gasteiger partial charge >= 0.3 is 6.09 Å². The molecule has 3 aliphatic rings. The van der Waals surface area contributed by atoms with Crippen molar-refractivity contribution in [2.45, 2.75) is 70.1 Å². The summed E-state index contributed by atoms with van der Waals surface area (Å²) < 4.78 is 17.4. The Bertz CT molecular complexity index is 748. The molecule has 7 nitrogen and oxygen atoms in total. The number of fused-ring (bicyclic) bond motifs is 1. The molecule has 1 aromatic carbocycles. The molecule has 28 heavy (non-hydrogen) atoms. The molecule has 1 N–H and O–H groups in total. The summed E-state index contributed by atoms with van der Waals surface area (Å²) in [5.41, 5.74) is 2.08. The first-order valence-electron chi connectivity index (χ1n) is 9.99. The third-order valence-corrected chi connectivity index (χ3v) is 5.73. The molecular weight excluding hydrogens is 360 g/mol. The molecule has 0 bridgehead atoms. The first-order valence-corrected chi connectivity index (χ1v) is 9.99. The van der Waals surface area contributed by atoms with Gasteiger partial charge in [-0.1, -0.05) is 12.1 Å². The van der Waals surface area contributed by atoms with Crippen LogP contribution < -0.4 is 10.2 Å². The van der Waals surface area contributed by atoms with E-state index in [1.807, 2.05) is 26.0 Å². The molecule has 3 fully saturated rings. The van der Waals surface area contributed by atoms with E-state index in [1.165, 1.54) is 12.5 Å². The van der Waals surface area contributed by atoms with Gasteiger partial charge in [0.05, 0.1) is 25.3 Å². The number of amides is 2. The van der Waals surface area contributed by atoms with Gasteiger partial charge in [0, 0.05) is 12.6 Å². The van der Waals surface area contributed by atoms with Crippen LogP contribution in [-0.2, 0) is 19.0 Å². The standard InChI is InChI=1S/C21H28N2O5/c1-13(24)22-11-17-12-23(20(25)26-17)16-7-4-14(5-8-16)15-6-9-18-19(10-15)28-21(2,3)27-18/h4-5,7-8,15,17-19H,6,9-12H2,1-3H3,(H,22,24)/t15?,17-,18?,19-/m0/s1. The highest BCUT2D eigenvalue weighted by molar-refractivity contribution is 5.89. The van der Waals surface area contributed by atoms with Crippen LogP contribution in [0.4, 0.5) is 10.5 Å². The minimum absolute atomic E-state index is 0.131. The summed E-state index contributed by atoms with van der Waals surface area (Å²) in [5.74, 6) is -0.183. The van der Waals surface area contributed by atoms with Crippen LogP contribution in [-0.4, -0.2) is 49.2 Å². The van der Waals surface area contributed by atoms with Crippen molar-refractivity contribution >= 4 is 17.7 Å². The lowest BCUT2D eigenvalue weighted by atomic mass is 9.81. The Morgan fingerprint density at radius 3 is 2.61 bits per heavy atom. The van der Waals surface area contributed by atoms with Crippen molar-refractivity contribution in [1.82, 2.24) is 5.32 Å². The fourth-order valence-corrected chi connectivity index (χ4v) is 4.44. The molecule has 0 aromatic heterocycles. The van der Waals surface area contributed by atoms with E-state index >= 15 is 0 Å². The Labute approximate surface area is 165 Å². The molecule has 1 aliphatic carbocycles. The van der Waals surface area contributed by atoms with E-state index in [4.69, 9.17) is 14.2 Å². The van der Waals surface area contributed by atoms with Crippen LogP contribution in [0.5, 0.6) is 0 Å². The number of nitrogens with zero attached hydrogens (tertiary/aromatic N) is 1. The summed E-state index contributed by atoms with van der Waals surface area (Å²) in [5, 5.41) is 2.69. The largest absolute Gasteiger partial charge is 0.442 e. The average Bonchev–Trinajstić information content (AvgIpc) is 3.17. The highest BCUT2D eigenvalue weighted by Gasteiger charge is 2.44. The Balaban J connectivity index is 1.38. The minimum Gasteiger partial charge on any atom is -0.442 e. The van der Waals surface area contributed by atoms with Gasteiger partial charge in [0.2, 0.25) is 5.91 Å². The van der Waals surface area contributed by atoms with Gasteiger partial charge in [-0.3, -0.25) is 9.69 Å². The smallest absolute Gasteiger partial charge is 0.414 e. The van der Waals surface area contributed by atoms with Crippen LogP contribution in [0.25, 0.3) is 0 Å². The molecule has 4 rings (SSSR count). The third kappa shape index (κ3) is 4.00. The van der Waals surface area contributed by atoms with Gasteiger partial charge < -0.3 is 19.5 Å². The van der Waals surface area contributed by atoms with Gasteiger partial charge in [-0.05, 0) is 56.7 Å². The van der Waals surface area contributed by atoms with Gasteiger partial charge in [0.25, 0.3) is 0 Å². The van der Waals surface area contributed by atoms with Gasteiger partial charge in [-0.15, -0.1) is 0 Å². The SMILES string of the molecule is CC(=O)NC[C@H]1CN(c2ccc(C3CCC4OC(C)(C)O[C@H]4C3)cc2)C(=O)O1. The summed E-state index contributed by atoms with van der Waals surface area (Å²) >= 11 is 0. The highest BCUT2D eigenvalue weighted by atomic mass is 16.7. The number of carbonyl (C=O) groups is 2. The van der Waals surface area contributed by atoms with Crippen molar-refractivity contribution < 1.29 is 23.8 Å². The average molecular weight is 388 g/mol. The molecule has 2 saturated heterocycles. The zero-order valence-electron chi connectivity index (χ0n) is 16.6. The van der Waals surface area contributed by atoms with Crippen LogP contribution in [0.2, 0.25) is 0 Å². The number of benzene rings is 1. The maximum Gasteiger partial charge on any atom is 0.414 e. The predicted molar refractivity (Wildman–Crippen MR) is 103 cm³/mol. The van der Waals surface area contributed by atoms with E-state index in [-0.39, 0.29) is 30.3 Å². The van der Waals surface area contributed by atoms with Crippen molar-refractivity contribution in [2.75, 3.05) is 18.0 Å². The van der Waals surface area contributed by atoms with Gasteiger partial charge in [-0.2, -0.15) is 0 Å². The van der Waals surface area contributed by atoms with Crippen molar-refractivity contribution in [1.29, 1.82) is 0 Å². The fraction of sp³-hybridized carbons (Fsp3) is 0.619. The number of rotatable bonds is 4. The van der Waals surface area contributed by atoms with Gasteiger partial charge in [0.15, 0.2) is 5.79 Å². The van der Waals surface area contributed by atoms with Crippen LogP contribution in [0, 0.1) is 0 Å². The Kier molecular flexibility index (Phi) is 5.05. The normalized spacial score (nSPS) is 31.4. The zero-order valence-corrected chi connectivity index (χ0v) is 16.6. The number of cyclic esters (lactones) is 1. The van der Waals surface area contributed by atoms with E-state index in [9.17, 15) is 9.59 Å². The van der Waals surface area contributed by atoms with Gasteiger partial charge in [-0.25, -0.2) is 4.79 Å². The predicted octanol–water partition coefficient (Wildman–Crippen LogP) is 2.94. The molecule has 7 heteroatoms. The second kappa shape index (κ2) is 7.37. The lowest BCUT2D eigenvalue weighted by Crippen LogP contribution is -2.33. The molecule has 1 saturated carbocycles. The number of hydrogen-bond donors (Lipinski definition) is 1. The maximum atomic E-state index is 12.2. The van der Waals surface area contributed by atoms with Gasteiger partial charge in [0.1, 0.15) is 6.10 Å². The topological polar surface area (TPSA) is 77.1 Å². The highest BCUT2D eigenvalue weighted by Crippen LogP contribution is 2.42. The van der Waals surface area contributed by atoms with E-state index < -0.39 is 5.79 Å². The summed E-state index contributed by atoms with van der Waals surface area (Å²) in [4.78, 5) is 24.8. The van der Waals surface area contributed by atoms with E-state index in [2.05, 4.69) is 17.4 Å². The van der Waals surface area contributed by atoms with Crippen molar-refractivity contribution in [3.63, 3.8) is 0 Å². The van der Waals surface area contributed by atoms with Crippen molar-refractivity contribution in [3.05, 3.63) is 29.8 Å². The first kappa shape index (κ1) is 19.2. The zero-order chi connectivity index (χ0) is 19.9. The number of anilines is 1. The van der Waals surface area contributed by atoms with E-state index in [0.717, 1.165) is 24.9 Å². The van der Waals surface area contributed by atoms with Crippen LogP contribution in [0.3, 0.4) is 0 Å². The molecule has 152 valence electrons. The van der Waals surface area contributed by atoms with Crippen LogP contribution in [0.1, 0.15) is 51.5 Å². The van der Waals surface area contributed by atoms with E-state index in [0.29, 0.717) is 19.0 Å². The fourth-order valence-electron chi connectivity index (χ4n) is 4.44. The number of hydrogen-bond acceptors (Lipinski definition) is 5. The lowest BCUT2D eigenvalue weighted by Gasteiger charge is -2.29. The maximum absolute atomic E-state index is 12.2. The van der Waals surface area contributed by atoms with Crippen molar-refractivity contribution in [2.24, 2.45) is 0 Å². The Hall–Kier alpha value is -2.12. The quantitative estimate of drug-likeness (QED) is 0.858. The molecule has 1 aromatic rings. The molecule has 2 heterocycles. The van der Waals surface area contributed by atoms with Crippen LogP contribution in [0.15, 0.2) is 24.3 Å². The first-order chi connectivity index (χ1) is 13.3. The molecule has 2 aliphatic heterocycles. The van der Waals surface area contributed by atoms with Crippen molar-refractivity contribution in [3.8, 4) is 0 Å². The molecular formula is C21H28N2O5. The van der Waals surface area contributed by atoms with Crippen LogP contribution >= 0.6 is 0 Å². The molecule has 2 unspecified atom stereocenters. The summed E-state index contributed by atoms with van der Waals surface area (Å²) in [7, 11) is 0. The minimum atomic E-state index is -0.488. The Morgan fingerprint density at radius 2 is 1.89 bits per heavy atom. The molecule has 0 spiro atoms. The van der Waals surface area contributed by atoms with E-state index in [1.54, 1.807) is 4.90 Å². The monoisotopic (exact) mass is 388 g/mol.